The average Bonchev–Trinajstić information content (AvgIpc) is 3.41. The van der Waals surface area contributed by atoms with Crippen LogP contribution in [0.15, 0.2) is 40.9 Å². The van der Waals surface area contributed by atoms with E-state index in [1.54, 1.807) is 18.2 Å². The standard InChI is InChI=1S/C23H22B2N4O3/c1-13(2)31-20-9-6-14(10-15(20)11-26)22-27-21(29-32-22)18-5-3-4-17-16(18)7-8-19(17)28-23(24,25)12-30/h3-6,9-10,13,19,28,30H,7-8,12H2,1-2H3/t19-/m0/s1. The molecule has 158 valence electrons. The van der Waals surface area contributed by atoms with Crippen molar-refractivity contribution in [2.45, 2.75) is 44.2 Å². The highest BCUT2D eigenvalue weighted by molar-refractivity contribution is 6.40. The van der Waals surface area contributed by atoms with E-state index < -0.39 is 5.34 Å². The molecule has 3 aromatic rings. The van der Waals surface area contributed by atoms with Gasteiger partial charge in [-0.2, -0.15) is 10.2 Å². The van der Waals surface area contributed by atoms with Crippen molar-refractivity contribution >= 4 is 15.7 Å². The fourth-order valence-corrected chi connectivity index (χ4v) is 3.94. The number of nitriles is 1. The number of hydrogen-bond acceptors (Lipinski definition) is 7. The summed E-state index contributed by atoms with van der Waals surface area (Å²) in [4.78, 5) is 4.57. The van der Waals surface area contributed by atoms with Crippen molar-refractivity contribution in [2.24, 2.45) is 0 Å². The topological polar surface area (TPSA) is 104 Å². The molecule has 0 unspecified atom stereocenters. The number of aliphatic hydroxyl groups is 1. The number of hydrogen-bond donors (Lipinski definition) is 2. The maximum absolute atomic E-state index is 9.48. The third-order valence-corrected chi connectivity index (χ3v) is 5.35. The summed E-state index contributed by atoms with van der Waals surface area (Å²) in [6.45, 7) is 3.43. The minimum Gasteiger partial charge on any atom is -0.490 e. The molecule has 1 aliphatic rings. The quantitative estimate of drug-likeness (QED) is 0.562. The van der Waals surface area contributed by atoms with Gasteiger partial charge in [-0.3, -0.25) is 0 Å². The molecule has 1 heterocycles. The van der Waals surface area contributed by atoms with Crippen LogP contribution in [0.3, 0.4) is 0 Å². The maximum atomic E-state index is 9.48. The van der Waals surface area contributed by atoms with Gasteiger partial charge in [-0.1, -0.05) is 23.4 Å². The highest BCUT2D eigenvalue weighted by atomic mass is 16.5. The van der Waals surface area contributed by atoms with Crippen molar-refractivity contribution in [3.63, 3.8) is 0 Å². The molecule has 0 fully saturated rings. The first-order chi connectivity index (χ1) is 15.3. The van der Waals surface area contributed by atoms with Crippen LogP contribution in [0.5, 0.6) is 5.75 Å². The molecule has 0 amide bonds. The van der Waals surface area contributed by atoms with E-state index in [1.807, 2.05) is 32.0 Å². The lowest BCUT2D eigenvalue weighted by Gasteiger charge is -2.29. The molecular weight excluding hydrogens is 402 g/mol. The predicted molar refractivity (Wildman–Crippen MR) is 121 cm³/mol. The predicted octanol–water partition coefficient (Wildman–Crippen LogP) is 2.62. The lowest BCUT2D eigenvalue weighted by Crippen LogP contribution is -2.50. The van der Waals surface area contributed by atoms with Crippen molar-refractivity contribution in [3.8, 4) is 34.7 Å². The normalized spacial score (nSPS) is 15.5. The van der Waals surface area contributed by atoms with Gasteiger partial charge in [0.1, 0.15) is 11.8 Å². The molecule has 4 radical (unpaired) electrons. The van der Waals surface area contributed by atoms with Crippen LogP contribution in [0.1, 0.15) is 43.0 Å². The smallest absolute Gasteiger partial charge is 0.258 e. The second kappa shape index (κ2) is 8.81. The molecule has 1 aromatic heterocycles. The number of benzene rings is 2. The lowest BCUT2D eigenvalue weighted by atomic mass is 9.62. The molecule has 0 saturated heterocycles. The first-order valence-electron chi connectivity index (χ1n) is 10.4. The minimum absolute atomic E-state index is 0.0393. The zero-order chi connectivity index (χ0) is 22.9. The van der Waals surface area contributed by atoms with E-state index in [0.29, 0.717) is 28.6 Å². The van der Waals surface area contributed by atoms with Crippen LogP contribution in [0.25, 0.3) is 22.8 Å². The first kappa shape index (κ1) is 22.1. The van der Waals surface area contributed by atoms with E-state index >= 15 is 0 Å². The Morgan fingerprint density at radius 2 is 2.16 bits per heavy atom. The summed E-state index contributed by atoms with van der Waals surface area (Å²) in [5.41, 5.74) is 4.05. The summed E-state index contributed by atoms with van der Waals surface area (Å²) in [5, 5.41) is 24.8. The molecule has 4 rings (SSSR count). The number of aliphatic hydroxyl groups excluding tert-OH is 1. The Hall–Kier alpha value is -3.08. The van der Waals surface area contributed by atoms with E-state index in [2.05, 4.69) is 21.5 Å². The molecular formula is C23H22B2N4O3. The third kappa shape index (κ3) is 4.43. The lowest BCUT2D eigenvalue weighted by molar-refractivity contribution is 0.241. The molecule has 0 bridgehead atoms. The van der Waals surface area contributed by atoms with Crippen molar-refractivity contribution in [3.05, 3.63) is 53.1 Å². The van der Waals surface area contributed by atoms with Crippen LogP contribution >= 0.6 is 0 Å². The number of nitrogens with zero attached hydrogens (tertiary/aromatic N) is 3. The highest BCUT2D eigenvalue weighted by Gasteiger charge is 2.30. The number of nitrogens with one attached hydrogen (secondary N) is 1. The van der Waals surface area contributed by atoms with Crippen LogP contribution in [0, 0.1) is 11.3 Å². The molecule has 0 saturated carbocycles. The Morgan fingerprint density at radius 1 is 1.34 bits per heavy atom. The largest absolute Gasteiger partial charge is 0.490 e. The van der Waals surface area contributed by atoms with E-state index in [4.69, 9.17) is 25.0 Å². The third-order valence-electron chi connectivity index (χ3n) is 5.35. The van der Waals surface area contributed by atoms with Gasteiger partial charge in [0.15, 0.2) is 0 Å². The van der Waals surface area contributed by atoms with E-state index in [1.165, 1.54) is 0 Å². The number of aromatic nitrogens is 2. The van der Waals surface area contributed by atoms with E-state index in [9.17, 15) is 10.4 Å². The average molecular weight is 424 g/mol. The Labute approximate surface area is 189 Å². The molecule has 1 atom stereocenters. The van der Waals surface area contributed by atoms with Gasteiger partial charge < -0.3 is 19.7 Å². The molecule has 2 N–H and O–H groups in total. The molecule has 32 heavy (non-hydrogen) atoms. The van der Waals surface area contributed by atoms with Gasteiger partial charge in [0.25, 0.3) is 5.89 Å². The van der Waals surface area contributed by atoms with Gasteiger partial charge in [-0.15, -0.1) is 0 Å². The minimum atomic E-state index is -1.36. The molecule has 0 aliphatic heterocycles. The molecule has 2 aromatic carbocycles. The Kier molecular flexibility index (Phi) is 6.09. The molecule has 7 nitrogen and oxygen atoms in total. The summed E-state index contributed by atoms with van der Waals surface area (Å²) in [5.74, 6) is 1.30. The van der Waals surface area contributed by atoms with Crippen LogP contribution < -0.4 is 10.1 Å². The number of ether oxygens (including phenoxy) is 1. The summed E-state index contributed by atoms with van der Waals surface area (Å²) in [6.07, 6.45) is 1.53. The molecule has 1 aliphatic carbocycles. The maximum Gasteiger partial charge on any atom is 0.258 e. The van der Waals surface area contributed by atoms with Crippen molar-refractivity contribution in [2.75, 3.05) is 6.61 Å². The van der Waals surface area contributed by atoms with Gasteiger partial charge in [0.05, 0.1) is 27.4 Å². The summed E-state index contributed by atoms with van der Waals surface area (Å²) < 4.78 is 11.2. The SMILES string of the molecule is [B]C([B])(CO)N[C@H]1CCc2c(-c3noc(-c4ccc(OC(C)C)c(C#N)c4)n3)cccc21. The van der Waals surface area contributed by atoms with Crippen LogP contribution in [0.2, 0.25) is 0 Å². The Bertz CT molecular complexity index is 1170. The fraction of sp³-hybridized carbons (Fsp3) is 0.348. The second-order valence-electron chi connectivity index (χ2n) is 8.22. The molecule has 9 heteroatoms. The zero-order valence-corrected chi connectivity index (χ0v) is 18.0. The van der Waals surface area contributed by atoms with Gasteiger partial charge in [0.2, 0.25) is 5.82 Å². The van der Waals surface area contributed by atoms with Gasteiger partial charge in [-0.05, 0) is 61.4 Å². The van der Waals surface area contributed by atoms with E-state index in [-0.39, 0.29) is 18.8 Å². The van der Waals surface area contributed by atoms with Crippen LogP contribution in [-0.2, 0) is 6.42 Å². The number of rotatable bonds is 7. The summed E-state index contributed by atoms with van der Waals surface area (Å²) in [6, 6.07) is 13.2. The second-order valence-corrected chi connectivity index (χ2v) is 8.22. The van der Waals surface area contributed by atoms with Crippen molar-refractivity contribution < 1.29 is 14.4 Å². The fourth-order valence-electron chi connectivity index (χ4n) is 3.94. The monoisotopic (exact) mass is 424 g/mol. The van der Waals surface area contributed by atoms with Crippen molar-refractivity contribution in [1.82, 2.24) is 15.5 Å². The number of fused-ring (bicyclic) bond motifs is 1. The Balaban J connectivity index is 1.63. The van der Waals surface area contributed by atoms with Crippen molar-refractivity contribution in [1.29, 1.82) is 5.26 Å². The van der Waals surface area contributed by atoms with Gasteiger partial charge in [-0.25, -0.2) is 0 Å². The Morgan fingerprint density at radius 3 is 2.88 bits per heavy atom. The first-order valence-corrected chi connectivity index (χ1v) is 10.4. The highest BCUT2D eigenvalue weighted by Crippen LogP contribution is 2.38. The van der Waals surface area contributed by atoms with Gasteiger partial charge in [0, 0.05) is 23.8 Å². The van der Waals surface area contributed by atoms with Crippen LogP contribution in [-0.4, -0.2) is 49.0 Å². The summed E-state index contributed by atoms with van der Waals surface area (Å²) in [7, 11) is 11.8. The summed E-state index contributed by atoms with van der Waals surface area (Å²) >= 11 is 0. The molecule has 0 spiro atoms. The van der Waals surface area contributed by atoms with E-state index in [0.717, 1.165) is 29.5 Å². The zero-order valence-electron chi connectivity index (χ0n) is 18.0. The van der Waals surface area contributed by atoms with Crippen LogP contribution in [0.4, 0.5) is 0 Å². The van der Waals surface area contributed by atoms with Gasteiger partial charge >= 0.3 is 0 Å².